The molecule has 6 nitrogen and oxygen atoms in total. The SMILES string of the molecule is O=C1COc2ccc(C(=O)C3CCN(C(=O)c4ccc(Br)cc4)CC3)cc2N1. The number of Topliss-reactive ketones (excluding diaryl/α,β-unsaturated/α-hetero) is 1. The molecule has 144 valence electrons. The highest BCUT2D eigenvalue weighted by atomic mass is 79.9. The zero-order chi connectivity index (χ0) is 19.7. The van der Waals surface area contributed by atoms with Gasteiger partial charge < -0.3 is 15.0 Å². The van der Waals surface area contributed by atoms with Crippen LogP contribution in [0, 0.1) is 5.92 Å². The average Bonchev–Trinajstić information content (AvgIpc) is 2.73. The molecule has 2 heterocycles. The number of amides is 2. The highest BCUT2D eigenvalue weighted by Crippen LogP contribution is 2.31. The fraction of sp³-hybridized carbons (Fsp3) is 0.286. The van der Waals surface area contributed by atoms with Crippen LogP contribution in [0.5, 0.6) is 5.75 Å². The first kappa shape index (κ1) is 18.7. The third kappa shape index (κ3) is 3.80. The van der Waals surface area contributed by atoms with Crippen LogP contribution in [0.4, 0.5) is 5.69 Å². The molecule has 2 aromatic rings. The molecule has 28 heavy (non-hydrogen) atoms. The highest BCUT2D eigenvalue weighted by Gasteiger charge is 2.29. The third-order valence-corrected chi connectivity index (χ3v) is 5.67. The molecule has 1 saturated heterocycles. The maximum atomic E-state index is 12.9. The Labute approximate surface area is 171 Å². The quantitative estimate of drug-likeness (QED) is 0.737. The van der Waals surface area contributed by atoms with E-state index in [0.717, 1.165) is 4.47 Å². The van der Waals surface area contributed by atoms with Crippen LogP contribution in [-0.2, 0) is 4.79 Å². The monoisotopic (exact) mass is 442 g/mol. The van der Waals surface area contributed by atoms with Crippen molar-refractivity contribution in [2.45, 2.75) is 12.8 Å². The molecule has 1 N–H and O–H groups in total. The normalized spacial score (nSPS) is 16.8. The van der Waals surface area contributed by atoms with Crippen LogP contribution < -0.4 is 10.1 Å². The van der Waals surface area contributed by atoms with E-state index in [4.69, 9.17) is 4.74 Å². The van der Waals surface area contributed by atoms with E-state index in [-0.39, 0.29) is 30.1 Å². The molecule has 1 fully saturated rings. The molecule has 2 aliphatic heterocycles. The standard InChI is InChI=1S/C21H19BrN2O4/c22-16-4-1-14(2-5-16)21(27)24-9-7-13(8-10-24)20(26)15-3-6-18-17(11-15)23-19(25)12-28-18/h1-6,11,13H,7-10,12H2,(H,23,25). The van der Waals surface area contributed by atoms with Crippen molar-refractivity contribution in [2.75, 3.05) is 25.0 Å². The first-order valence-electron chi connectivity index (χ1n) is 9.17. The minimum absolute atomic E-state index is 0.00737. The van der Waals surface area contributed by atoms with E-state index in [1.807, 2.05) is 12.1 Å². The lowest BCUT2D eigenvalue weighted by Crippen LogP contribution is -2.40. The number of hydrogen-bond acceptors (Lipinski definition) is 4. The zero-order valence-corrected chi connectivity index (χ0v) is 16.7. The first-order chi connectivity index (χ1) is 13.5. The molecule has 4 rings (SSSR count). The van der Waals surface area contributed by atoms with E-state index in [1.54, 1.807) is 35.2 Å². The average molecular weight is 443 g/mol. The summed E-state index contributed by atoms with van der Waals surface area (Å²) in [6.07, 6.45) is 1.25. The van der Waals surface area contributed by atoms with Gasteiger partial charge in [0.25, 0.3) is 11.8 Å². The number of nitrogens with zero attached hydrogens (tertiary/aromatic N) is 1. The van der Waals surface area contributed by atoms with Gasteiger partial charge in [-0.2, -0.15) is 0 Å². The Kier molecular flexibility index (Phi) is 5.17. The topological polar surface area (TPSA) is 75.7 Å². The van der Waals surface area contributed by atoms with Gasteiger partial charge in [0.1, 0.15) is 5.75 Å². The summed E-state index contributed by atoms with van der Waals surface area (Å²) in [5, 5.41) is 2.73. The molecule has 2 aliphatic rings. The van der Waals surface area contributed by atoms with Gasteiger partial charge in [-0.25, -0.2) is 0 Å². The van der Waals surface area contributed by atoms with E-state index in [0.29, 0.717) is 48.5 Å². The van der Waals surface area contributed by atoms with Gasteiger partial charge in [0.2, 0.25) is 0 Å². The number of nitrogens with one attached hydrogen (secondary N) is 1. The Morgan fingerprint density at radius 2 is 1.71 bits per heavy atom. The third-order valence-electron chi connectivity index (χ3n) is 5.14. The summed E-state index contributed by atoms with van der Waals surface area (Å²) in [6, 6.07) is 12.4. The van der Waals surface area contributed by atoms with Gasteiger partial charge in [-0.05, 0) is 55.3 Å². The van der Waals surface area contributed by atoms with E-state index in [2.05, 4.69) is 21.2 Å². The van der Waals surface area contributed by atoms with Crippen LogP contribution in [0.25, 0.3) is 0 Å². The van der Waals surface area contributed by atoms with Crippen LogP contribution >= 0.6 is 15.9 Å². The second-order valence-electron chi connectivity index (χ2n) is 6.99. The van der Waals surface area contributed by atoms with Crippen molar-refractivity contribution in [2.24, 2.45) is 5.92 Å². The van der Waals surface area contributed by atoms with Crippen molar-refractivity contribution in [3.05, 3.63) is 58.1 Å². The Balaban J connectivity index is 1.40. The molecule has 0 atom stereocenters. The number of ether oxygens (including phenoxy) is 1. The number of likely N-dealkylation sites (tertiary alicyclic amines) is 1. The number of piperidine rings is 1. The minimum Gasteiger partial charge on any atom is -0.482 e. The molecular formula is C21H19BrN2O4. The fourth-order valence-electron chi connectivity index (χ4n) is 3.59. The van der Waals surface area contributed by atoms with Gasteiger partial charge in [-0.3, -0.25) is 14.4 Å². The summed E-state index contributed by atoms with van der Waals surface area (Å²) in [5.41, 5.74) is 1.74. The molecule has 0 aromatic heterocycles. The number of halogens is 1. The molecule has 0 spiro atoms. The summed E-state index contributed by atoms with van der Waals surface area (Å²) < 4.78 is 6.27. The van der Waals surface area contributed by atoms with E-state index >= 15 is 0 Å². The molecule has 2 amide bonds. The molecular weight excluding hydrogens is 424 g/mol. The van der Waals surface area contributed by atoms with Crippen molar-refractivity contribution in [1.82, 2.24) is 4.90 Å². The minimum atomic E-state index is -0.225. The van der Waals surface area contributed by atoms with E-state index in [9.17, 15) is 14.4 Å². The number of anilines is 1. The Bertz CT molecular complexity index is 934. The number of ketones is 1. The molecule has 0 unspecified atom stereocenters. The number of fused-ring (bicyclic) bond motifs is 1. The lowest BCUT2D eigenvalue weighted by atomic mass is 9.88. The second kappa shape index (κ2) is 7.75. The molecule has 0 aliphatic carbocycles. The number of carbonyl (C=O) groups excluding carboxylic acids is 3. The molecule has 2 aromatic carbocycles. The Hall–Kier alpha value is -2.67. The molecule has 0 radical (unpaired) electrons. The number of benzene rings is 2. The molecule has 0 saturated carbocycles. The van der Waals surface area contributed by atoms with Crippen molar-refractivity contribution in [3.63, 3.8) is 0 Å². The molecule has 0 bridgehead atoms. The van der Waals surface area contributed by atoms with Gasteiger partial charge in [0.15, 0.2) is 12.4 Å². The molecule has 7 heteroatoms. The van der Waals surface area contributed by atoms with Crippen LogP contribution in [0.15, 0.2) is 46.9 Å². The predicted octanol–water partition coefficient (Wildman–Crippen LogP) is 3.52. The summed E-state index contributed by atoms with van der Waals surface area (Å²) >= 11 is 3.37. The van der Waals surface area contributed by atoms with Crippen LogP contribution in [-0.4, -0.2) is 42.2 Å². The summed E-state index contributed by atoms with van der Waals surface area (Å²) in [6.45, 7) is 1.09. The lowest BCUT2D eigenvalue weighted by Gasteiger charge is -2.31. The van der Waals surface area contributed by atoms with Crippen LogP contribution in [0.3, 0.4) is 0 Å². The fourth-order valence-corrected chi connectivity index (χ4v) is 3.86. The summed E-state index contributed by atoms with van der Waals surface area (Å²) in [7, 11) is 0. The van der Waals surface area contributed by atoms with Crippen molar-refractivity contribution in [1.29, 1.82) is 0 Å². The van der Waals surface area contributed by atoms with Crippen molar-refractivity contribution in [3.8, 4) is 5.75 Å². The zero-order valence-electron chi connectivity index (χ0n) is 15.1. The predicted molar refractivity (Wildman–Crippen MR) is 108 cm³/mol. The van der Waals surface area contributed by atoms with E-state index in [1.165, 1.54) is 0 Å². The lowest BCUT2D eigenvalue weighted by molar-refractivity contribution is -0.118. The van der Waals surface area contributed by atoms with Gasteiger partial charge in [-0.1, -0.05) is 15.9 Å². The summed E-state index contributed by atoms with van der Waals surface area (Å²) in [4.78, 5) is 38.8. The smallest absolute Gasteiger partial charge is 0.262 e. The van der Waals surface area contributed by atoms with Crippen molar-refractivity contribution >= 4 is 39.2 Å². The van der Waals surface area contributed by atoms with Crippen LogP contribution in [0.2, 0.25) is 0 Å². The Morgan fingerprint density at radius 1 is 1.04 bits per heavy atom. The summed E-state index contributed by atoms with van der Waals surface area (Å²) in [5.74, 6) is 0.251. The maximum absolute atomic E-state index is 12.9. The van der Waals surface area contributed by atoms with Crippen LogP contribution in [0.1, 0.15) is 33.6 Å². The largest absolute Gasteiger partial charge is 0.482 e. The first-order valence-corrected chi connectivity index (χ1v) is 9.96. The highest BCUT2D eigenvalue weighted by molar-refractivity contribution is 9.10. The van der Waals surface area contributed by atoms with Gasteiger partial charge in [0, 0.05) is 34.6 Å². The van der Waals surface area contributed by atoms with Gasteiger partial charge in [0.05, 0.1) is 5.69 Å². The second-order valence-corrected chi connectivity index (χ2v) is 7.90. The van der Waals surface area contributed by atoms with E-state index < -0.39 is 0 Å². The maximum Gasteiger partial charge on any atom is 0.262 e. The Morgan fingerprint density at radius 3 is 2.43 bits per heavy atom. The van der Waals surface area contributed by atoms with Gasteiger partial charge >= 0.3 is 0 Å². The number of carbonyl (C=O) groups is 3. The number of hydrogen-bond donors (Lipinski definition) is 1. The van der Waals surface area contributed by atoms with Gasteiger partial charge in [-0.15, -0.1) is 0 Å². The van der Waals surface area contributed by atoms with Crippen molar-refractivity contribution < 1.29 is 19.1 Å². The number of rotatable bonds is 3.